The van der Waals surface area contributed by atoms with Gasteiger partial charge in [0.05, 0.1) is 5.52 Å². The van der Waals surface area contributed by atoms with E-state index >= 15 is 0 Å². The zero-order valence-electron chi connectivity index (χ0n) is 19.1. The summed E-state index contributed by atoms with van der Waals surface area (Å²) in [5.41, 5.74) is 4.03. The second-order valence-corrected chi connectivity index (χ2v) is 9.69. The smallest absolute Gasteiger partial charge is 0.270 e. The number of phenolic OH excluding ortho intramolecular Hbond substituents is 1. The van der Waals surface area contributed by atoms with Gasteiger partial charge in [-0.3, -0.25) is 10.1 Å². The van der Waals surface area contributed by atoms with Gasteiger partial charge >= 0.3 is 0 Å². The molecule has 35 heavy (non-hydrogen) atoms. The van der Waals surface area contributed by atoms with E-state index in [1.165, 1.54) is 24.2 Å². The number of nitrogens with zero attached hydrogens (tertiary/aromatic N) is 5. The summed E-state index contributed by atoms with van der Waals surface area (Å²) in [6.45, 7) is 5.59. The Morgan fingerprint density at radius 3 is 2.83 bits per heavy atom. The number of amides is 1. The monoisotopic (exact) mass is 509 g/mol. The summed E-state index contributed by atoms with van der Waals surface area (Å²) in [6, 6.07) is 8.58. The third-order valence-electron chi connectivity index (χ3n) is 5.88. The molecule has 0 spiro atoms. The van der Waals surface area contributed by atoms with E-state index in [0.717, 1.165) is 30.8 Å². The molecular formula is C24H24ClN7O2S. The van der Waals surface area contributed by atoms with E-state index in [-0.39, 0.29) is 11.7 Å². The van der Waals surface area contributed by atoms with Crippen LogP contribution in [0.3, 0.4) is 0 Å². The number of fused-ring (bicyclic) bond motifs is 1. The Morgan fingerprint density at radius 1 is 1.17 bits per heavy atom. The number of carbonyl (C=O) groups is 1. The molecule has 2 aromatic carbocycles. The van der Waals surface area contributed by atoms with Gasteiger partial charge in [0, 0.05) is 29.1 Å². The van der Waals surface area contributed by atoms with Crippen molar-refractivity contribution in [3.63, 3.8) is 0 Å². The molecule has 1 saturated heterocycles. The number of anilines is 2. The normalized spacial score (nSPS) is 13.9. The second kappa shape index (κ2) is 10.1. The fraction of sp³-hybridized carbons (Fsp3) is 0.292. The average Bonchev–Trinajstić information content (AvgIpc) is 3.53. The quantitative estimate of drug-likeness (QED) is 0.336. The minimum atomic E-state index is -0.194. The first kappa shape index (κ1) is 23.4. The van der Waals surface area contributed by atoms with Crippen LogP contribution in [0.1, 0.15) is 28.9 Å². The van der Waals surface area contributed by atoms with Crippen LogP contribution in [0.15, 0.2) is 35.7 Å². The largest absolute Gasteiger partial charge is 0.508 e. The minimum Gasteiger partial charge on any atom is -0.508 e. The Morgan fingerprint density at radius 2 is 2.00 bits per heavy atom. The predicted octanol–water partition coefficient (Wildman–Crippen LogP) is 4.38. The molecule has 3 heterocycles. The molecule has 5 rings (SSSR count). The van der Waals surface area contributed by atoms with Crippen molar-refractivity contribution in [3.8, 4) is 16.9 Å². The lowest BCUT2D eigenvalue weighted by molar-refractivity contribution is 0.0945. The zero-order chi connectivity index (χ0) is 24.4. The Balaban J connectivity index is 1.28. The van der Waals surface area contributed by atoms with Crippen LogP contribution in [0.2, 0.25) is 5.02 Å². The molecule has 4 aromatic rings. The van der Waals surface area contributed by atoms with Crippen molar-refractivity contribution >= 4 is 51.0 Å². The standard InChI is InChI=1S/C24H24ClN7O2S/c1-14-10-15(17-12-16(33)4-5-18(17)25)11-19-21(14)28-23(31-30-19)29-24-27-20(13-35-24)22(34)26-6-9-32-7-2-3-8-32/h4-5,10-13,33H,2-3,6-9H2,1H3,(H,26,34)(H,27,28,29,31). The van der Waals surface area contributed by atoms with E-state index in [1.807, 2.05) is 19.1 Å². The maximum absolute atomic E-state index is 12.4. The maximum atomic E-state index is 12.4. The molecule has 0 bridgehead atoms. The molecule has 1 aliphatic heterocycles. The zero-order valence-corrected chi connectivity index (χ0v) is 20.7. The van der Waals surface area contributed by atoms with Gasteiger partial charge in [-0.1, -0.05) is 11.6 Å². The molecule has 1 aliphatic rings. The van der Waals surface area contributed by atoms with Crippen molar-refractivity contribution in [1.82, 2.24) is 30.4 Å². The summed E-state index contributed by atoms with van der Waals surface area (Å²) in [7, 11) is 0. The molecule has 2 aromatic heterocycles. The molecule has 1 fully saturated rings. The predicted molar refractivity (Wildman–Crippen MR) is 138 cm³/mol. The number of benzene rings is 2. The molecule has 0 saturated carbocycles. The molecular weight excluding hydrogens is 486 g/mol. The summed E-state index contributed by atoms with van der Waals surface area (Å²) in [5.74, 6) is 0.230. The number of hydrogen-bond donors (Lipinski definition) is 3. The highest BCUT2D eigenvalue weighted by atomic mass is 35.5. The van der Waals surface area contributed by atoms with Crippen LogP contribution >= 0.6 is 22.9 Å². The van der Waals surface area contributed by atoms with Crippen LogP contribution in [0.4, 0.5) is 11.1 Å². The molecule has 0 aliphatic carbocycles. The number of aryl methyl sites for hydroxylation is 1. The number of thiazole rings is 1. The van der Waals surface area contributed by atoms with E-state index in [2.05, 4.69) is 35.7 Å². The van der Waals surface area contributed by atoms with Crippen LogP contribution in [0.5, 0.6) is 5.75 Å². The number of aromatic hydroxyl groups is 1. The lowest BCUT2D eigenvalue weighted by atomic mass is 10.0. The highest BCUT2D eigenvalue weighted by molar-refractivity contribution is 7.14. The van der Waals surface area contributed by atoms with Crippen LogP contribution < -0.4 is 10.6 Å². The number of halogens is 1. The first-order chi connectivity index (χ1) is 17.0. The van der Waals surface area contributed by atoms with Crippen LogP contribution in [0, 0.1) is 6.92 Å². The lowest BCUT2D eigenvalue weighted by Gasteiger charge is -2.14. The van der Waals surface area contributed by atoms with Crippen LogP contribution in [-0.2, 0) is 0 Å². The van der Waals surface area contributed by atoms with Gasteiger partial charge in [0.25, 0.3) is 5.91 Å². The molecule has 11 heteroatoms. The number of hydrogen-bond acceptors (Lipinski definition) is 9. The number of rotatable bonds is 7. The highest BCUT2D eigenvalue weighted by Gasteiger charge is 2.15. The van der Waals surface area contributed by atoms with Gasteiger partial charge in [-0.2, -0.15) is 0 Å². The maximum Gasteiger partial charge on any atom is 0.270 e. The molecule has 9 nitrogen and oxygen atoms in total. The van der Waals surface area contributed by atoms with Crippen molar-refractivity contribution in [2.75, 3.05) is 31.5 Å². The summed E-state index contributed by atoms with van der Waals surface area (Å²) in [5, 5.41) is 27.0. The number of carbonyl (C=O) groups excluding carboxylic acids is 1. The van der Waals surface area contributed by atoms with Crippen LogP contribution in [-0.4, -0.2) is 62.3 Å². The van der Waals surface area contributed by atoms with Gasteiger partial charge in [-0.15, -0.1) is 21.5 Å². The van der Waals surface area contributed by atoms with E-state index in [9.17, 15) is 9.90 Å². The highest BCUT2D eigenvalue weighted by Crippen LogP contribution is 2.33. The Hall–Kier alpha value is -3.34. The third kappa shape index (κ3) is 5.34. The molecule has 180 valence electrons. The van der Waals surface area contributed by atoms with Crippen molar-refractivity contribution < 1.29 is 9.90 Å². The summed E-state index contributed by atoms with van der Waals surface area (Å²) < 4.78 is 0. The minimum absolute atomic E-state index is 0.133. The van der Waals surface area contributed by atoms with Crippen molar-refractivity contribution in [2.45, 2.75) is 19.8 Å². The second-order valence-electron chi connectivity index (χ2n) is 8.43. The summed E-state index contributed by atoms with van der Waals surface area (Å²) >= 11 is 7.63. The first-order valence-electron chi connectivity index (χ1n) is 11.3. The van der Waals surface area contributed by atoms with Crippen molar-refractivity contribution in [3.05, 3.63) is 52.0 Å². The van der Waals surface area contributed by atoms with Gasteiger partial charge in [0.1, 0.15) is 17.0 Å². The fourth-order valence-electron chi connectivity index (χ4n) is 4.11. The number of nitrogens with one attached hydrogen (secondary N) is 2. The fourth-order valence-corrected chi connectivity index (χ4v) is 5.02. The number of likely N-dealkylation sites (tertiary alicyclic amines) is 1. The Kier molecular flexibility index (Phi) is 6.76. The van der Waals surface area contributed by atoms with Crippen LogP contribution in [0.25, 0.3) is 22.2 Å². The van der Waals surface area contributed by atoms with E-state index in [0.29, 0.717) is 44.9 Å². The van der Waals surface area contributed by atoms with E-state index in [4.69, 9.17) is 11.6 Å². The Bertz CT molecular complexity index is 1390. The van der Waals surface area contributed by atoms with Crippen molar-refractivity contribution in [2.24, 2.45) is 0 Å². The van der Waals surface area contributed by atoms with Gasteiger partial charge in [-0.05, 0) is 74.3 Å². The van der Waals surface area contributed by atoms with Gasteiger partial charge in [0.2, 0.25) is 5.95 Å². The lowest BCUT2D eigenvalue weighted by Crippen LogP contribution is -2.33. The molecule has 0 radical (unpaired) electrons. The number of aromatic nitrogens is 4. The van der Waals surface area contributed by atoms with Crippen molar-refractivity contribution in [1.29, 1.82) is 0 Å². The first-order valence-corrected chi connectivity index (χ1v) is 12.6. The molecule has 0 atom stereocenters. The molecule has 1 amide bonds. The van der Waals surface area contributed by atoms with Gasteiger partial charge in [-0.25, -0.2) is 9.97 Å². The van der Waals surface area contributed by atoms with E-state index in [1.54, 1.807) is 23.6 Å². The summed E-state index contributed by atoms with van der Waals surface area (Å²) in [6.07, 6.45) is 2.46. The third-order valence-corrected chi connectivity index (χ3v) is 6.97. The average molecular weight is 510 g/mol. The van der Waals surface area contributed by atoms with E-state index < -0.39 is 0 Å². The summed E-state index contributed by atoms with van der Waals surface area (Å²) in [4.78, 5) is 23.7. The molecule has 0 unspecified atom stereocenters. The van der Waals surface area contributed by atoms with Gasteiger partial charge in [0.15, 0.2) is 5.13 Å². The van der Waals surface area contributed by atoms with Gasteiger partial charge < -0.3 is 15.3 Å². The Labute approximate surface area is 211 Å². The SMILES string of the molecule is Cc1cc(-c2cc(O)ccc2Cl)cc2nnc(Nc3nc(C(=O)NCCN4CCCC4)cs3)nc12. The molecule has 3 N–H and O–H groups in total. The number of phenols is 1. The topological polar surface area (TPSA) is 116 Å².